The Kier molecular flexibility index (Phi) is 6.56. The summed E-state index contributed by atoms with van der Waals surface area (Å²) in [4.78, 5) is 22.0. The average molecular weight is 436 g/mol. The van der Waals surface area contributed by atoms with Crippen LogP contribution in [0.25, 0.3) is 0 Å². The quantitative estimate of drug-likeness (QED) is 0.433. The maximum atomic E-state index is 13.3. The Morgan fingerprint density at radius 2 is 1.74 bits per heavy atom. The molecule has 1 aliphatic carbocycles. The Morgan fingerprint density at radius 3 is 2.29 bits per heavy atom. The maximum Gasteiger partial charge on any atom is 0.278 e. The first-order valence-electron chi connectivity index (χ1n) is 10.9. The van der Waals surface area contributed by atoms with Crippen molar-refractivity contribution in [1.29, 1.82) is 0 Å². The minimum Gasteiger partial charge on any atom is -0.494 e. The van der Waals surface area contributed by atoms with Gasteiger partial charge in [-0.05, 0) is 75.6 Å². The number of hydrogen-bond acceptors (Lipinski definition) is 5. The van der Waals surface area contributed by atoms with Crippen molar-refractivity contribution in [1.82, 2.24) is 4.98 Å². The van der Waals surface area contributed by atoms with Gasteiger partial charge in [-0.15, -0.1) is 11.3 Å². The van der Waals surface area contributed by atoms with Crippen molar-refractivity contribution in [3.63, 3.8) is 0 Å². The molecule has 2 aromatic carbocycles. The van der Waals surface area contributed by atoms with Gasteiger partial charge in [0, 0.05) is 29.3 Å². The van der Waals surface area contributed by atoms with Crippen LogP contribution >= 0.6 is 11.3 Å². The molecule has 1 aliphatic rings. The number of rotatable bonds is 9. The van der Waals surface area contributed by atoms with Crippen LogP contribution in [0.15, 0.2) is 53.9 Å². The predicted molar refractivity (Wildman–Crippen MR) is 127 cm³/mol. The van der Waals surface area contributed by atoms with Crippen molar-refractivity contribution in [2.45, 2.75) is 46.2 Å². The number of ether oxygens (including phenoxy) is 1. The van der Waals surface area contributed by atoms with Gasteiger partial charge < -0.3 is 14.5 Å². The smallest absolute Gasteiger partial charge is 0.278 e. The Labute approximate surface area is 188 Å². The molecule has 6 heteroatoms. The molecule has 0 unspecified atom stereocenters. The SMILES string of the molecule is CCOc1ccc(N(Cc2ccc(N(CC)C3CC3)cc2)C(=O)c2csc(C)n2)cc1. The monoisotopic (exact) mass is 435 g/mol. The molecule has 0 aliphatic heterocycles. The third-order valence-corrected chi connectivity index (χ3v) is 6.25. The Bertz CT molecular complexity index is 1010. The van der Waals surface area contributed by atoms with Gasteiger partial charge in [-0.3, -0.25) is 4.79 Å². The van der Waals surface area contributed by atoms with Crippen molar-refractivity contribution in [2.75, 3.05) is 23.0 Å². The number of hydrogen-bond donors (Lipinski definition) is 0. The zero-order valence-corrected chi connectivity index (χ0v) is 19.2. The first-order valence-corrected chi connectivity index (χ1v) is 11.8. The second kappa shape index (κ2) is 9.52. The van der Waals surface area contributed by atoms with E-state index >= 15 is 0 Å². The number of aryl methyl sites for hydroxylation is 1. The van der Waals surface area contributed by atoms with Crippen molar-refractivity contribution in [2.24, 2.45) is 0 Å². The van der Waals surface area contributed by atoms with Gasteiger partial charge in [-0.25, -0.2) is 4.98 Å². The van der Waals surface area contributed by atoms with Gasteiger partial charge in [-0.1, -0.05) is 12.1 Å². The highest BCUT2D eigenvalue weighted by molar-refractivity contribution is 7.09. The predicted octanol–water partition coefficient (Wildman–Crippen LogP) is 5.69. The van der Waals surface area contributed by atoms with E-state index in [0.29, 0.717) is 24.9 Å². The molecule has 0 saturated heterocycles. The summed E-state index contributed by atoms with van der Waals surface area (Å²) in [6.45, 7) is 8.20. The largest absolute Gasteiger partial charge is 0.494 e. The topological polar surface area (TPSA) is 45.7 Å². The van der Waals surface area contributed by atoms with Gasteiger partial charge in [0.05, 0.1) is 18.2 Å². The van der Waals surface area contributed by atoms with Gasteiger partial charge >= 0.3 is 0 Å². The lowest BCUT2D eigenvalue weighted by atomic mass is 10.1. The third-order valence-electron chi connectivity index (χ3n) is 5.48. The lowest BCUT2D eigenvalue weighted by molar-refractivity contribution is 0.0981. The summed E-state index contributed by atoms with van der Waals surface area (Å²) in [5, 5.41) is 2.72. The summed E-state index contributed by atoms with van der Waals surface area (Å²) >= 11 is 1.49. The standard InChI is InChI=1S/C25H29N3O2S/c1-4-27(21-10-11-21)20-8-6-19(7-9-20)16-28(25(29)24-17-31-18(3)26-24)22-12-14-23(15-13-22)30-5-2/h6-9,12-15,17,21H,4-5,10-11,16H2,1-3H3. The second-order valence-corrected chi connectivity index (χ2v) is 8.82. The number of anilines is 2. The summed E-state index contributed by atoms with van der Waals surface area (Å²) in [7, 11) is 0. The van der Waals surface area contributed by atoms with E-state index in [1.807, 2.05) is 43.5 Å². The fourth-order valence-electron chi connectivity index (χ4n) is 3.78. The molecule has 1 saturated carbocycles. The summed E-state index contributed by atoms with van der Waals surface area (Å²) in [5.41, 5.74) is 3.66. The Hall–Kier alpha value is -2.86. The second-order valence-electron chi connectivity index (χ2n) is 7.75. The highest BCUT2D eigenvalue weighted by Gasteiger charge is 2.28. The molecule has 4 rings (SSSR count). The molecule has 0 N–H and O–H groups in total. The molecule has 5 nitrogen and oxygen atoms in total. The molecular weight excluding hydrogens is 406 g/mol. The van der Waals surface area contributed by atoms with E-state index in [4.69, 9.17) is 4.74 Å². The molecule has 0 spiro atoms. The summed E-state index contributed by atoms with van der Waals surface area (Å²) in [5.74, 6) is 0.706. The summed E-state index contributed by atoms with van der Waals surface area (Å²) < 4.78 is 5.56. The number of carbonyl (C=O) groups excluding carboxylic acids is 1. The molecular formula is C25H29N3O2S. The fourth-order valence-corrected chi connectivity index (χ4v) is 4.37. The lowest BCUT2D eigenvalue weighted by Crippen LogP contribution is -2.30. The fraction of sp³-hybridized carbons (Fsp3) is 0.360. The van der Waals surface area contributed by atoms with Gasteiger partial charge in [-0.2, -0.15) is 0 Å². The van der Waals surface area contributed by atoms with Gasteiger partial charge in [0.15, 0.2) is 0 Å². The molecule has 0 bridgehead atoms. The van der Waals surface area contributed by atoms with E-state index in [0.717, 1.165) is 28.6 Å². The van der Waals surface area contributed by atoms with E-state index in [9.17, 15) is 4.79 Å². The van der Waals surface area contributed by atoms with Crippen LogP contribution in [-0.2, 0) is 6.54 Å². The van der Waals surface area contributed by atoms with Crippen LogP contribution < -0.4 is 14.5 Å². The zero-order chi connectivity index (χ0) is 21.8. The van der Waals surface area contributed by atoms with Crippen molar-refractivity contribution in [3.8, 4) is 5.75 Å². The third kappa shape index (κ3) is 5.07. The molecule has 31 heavy (non-hydrogen) atoms. The van der Waals surface area contributed by atoms with Crippen LogP contribution in [0.5, 0.6) is 5.75 Å². The van der Waals surface area contributed by atoms with Gasteiger partial charge in [0.25, 0.3) is 5.91 Å². The van der Waals surface area contributed by atoms with Crippen LogP contribution in [0.4, 0.5) is 11.4 Å². The van der Waals surface area contributed by atoms with Crippen LogP contribution in [0, 0.1) is 6.92 Å². The van der Waals surface area contributed by atoms with Crippen molar-refractivity contribution >= 4 is 28.6 Å². The first kappa shape index (κ1) is 21.4. The zero-order valence-electron chi connectivity index (χ0n) is 18.4. The number of nitrogens with zero attached hydrogens (tertiary/aromatic N) is 3. The van der Waals surface area contributed by atoms with Crippen molar-refractivity contribution < 1.29 is 9.53 Å². The Morgan fingerprint density at radius 1 is 1.06 bits per heavy atom. The van der Waals surface area contributed by atoms with E-state index in [-0.39, 0.29) is 5.91 Å². The number of amides is 1. The summed E-state index contributed by atoms with van der Waals surface area (Å²) in [6.07, 6.45) is 2.56. The van der Waals surface area contributed by atoms with Crippen LogP contribution in [0.2, 0.25) is 0 Å². The molecule has 3 aromatic rings. The maximum absolute atomic E-state index is 13.3. The van der Waals surface area contributed by atoms with E-state index in [1.54, 1.807) is 4.90 Å². The average Bonchev–Trinajstić information content (AvgIpc) is 3.53. The molecule has 0 radical (unpaired) electrons. The summed E-state index contributed by atoms with van der Waals surface area (Å²) in [6, 6.07) is 17.0. The van der Waals surface area contributed by atoms with E-state index in [2.05, 4.69) is 41.1 Å². The van der Waals surface area contributed by atoms with E-state index in [1.165, 1.54) is 29.9 Å². The highest BCUT2D eigenvalue weighted by Crippen LogP contribution is 2.32. The number of benzene rings is 2. The molecule has 0 atom stereocenters. The first-order chi connectivity index (χ1) is 15.1. The van der Waals surface area contributed by atoms with Crippen LogP contribution in [0.1, 0.15) is 47.7 Å². The molecule has 1 amide bonds. The number of thiazole rings is 1. The minimum absolute atomic E-state index is 0.0919. The van der Waals surface area contributed by atoms with Crippen LogP contribution in [-0.4, -0.2) is 30.1 Å². The minimum atomic E-state index is -0.0919. The molecule has 1 fully saturated rings. The molecule has 1 heterocycles. The van der Waals surface area contributed by atoms with E-state index < -0.39 is 0 Å². The Balaban J connectivity index is 1.58. The van der Waals surface area contributed by atoms with Crippen molar-refractivity contribution in [3.05, 3.63) is 70.2 Å². The molecule has 162 valence electrons. The number of carbonyl (C=O) groups is 1. The lowest BCUT2D eigenvalue weighted by Gasteiger charge is -2.25. The van der Waals surface area contributed by atoms with Gasteiger partial charge in [0.1, 0.15) is 11.4 Å². The number of aromatic nitrogens is 1. The molecule has 1 aromatic heterocycles. The van der Waals surface area contributed by atoms with Crippen LogP contribution in [0.3, 0.4) is 0 Å². The van der Waals surface area contributed by atoms with Gasteiger partial charge in [0.2, 0.25) is 0 Å². The highest BCUT2D eigenvalue weighted by atomic mass is 32.1. The normalized spacial score (nSPS) is 13.1.